The number of hydrogen-bond acceptors (Lipinski definition) is 2. The summed E-state index contributed by atoms with van der Waals surface area (Å²) in [5, 5.41) is 6.45. The number of alkyl halides is 3. The second-order valence-corrected chi connectivity index (χ2v) is 9.47. The van der Waals surface area contributed by atoms with E-state index in [2.05, 4.69) is 15.6 Å². The third kappa shape index (κ3) is 5.78. The van der Waals surface area contributed by atoms with Crippen LogP contribution in [0.2, 0.25) is 5.02 Å². The highest BCUT2D eigenvalue weighted by Gasteiger charge is 2.41. The molecule has 0 spiro atoms. The Bertz CT molecular complexity index is 1160. The number of carbonyl (C=O) groups is 1. The number of halogens is 4. The van der Waals surface area contributed by atoms with Crippen molar-refractivity contribution in [2.24, 2.45) is 0 Å². The van der Waals surface area contributed by atoms with Gasteiger partial charge < -0.3 is 10.6 Å². The van der Waals surface area contributed by atoms with Crippen LogP contribution >= 0.6 is 11.6 Å². The lowest BCUT2D eigenvalue weighted by Crippen LogP contribution is -2.54. The molecule has 1 unspecified atom stereocenters. The number of benzene rings is 2. The molecule has 184 valence electrons. The van der Waals surface area contributed by atoms with E-state index in [1.54, 1.807) is 19.1 Å². The number of nitrogens with zero attached hydrogens (tertiary/aromatic N) is 1. The molecule has 0 bridgehead atoms. The Balaban J connectivity index is 1.90. The number of urea groups is 1. The Labute approximate surface area is 207 Å². The lowest BCUT2D eigenvalue weighted by atomic mass is 9.78. The number of aromatic nitrogens is 1. The summed E-state index contributed by atoms with van der Waals surface area (Å²) in [5.74, 6) is 0. The van der Waals surface area contributed by atoms with E-state index in [0.29, 0.717) is 21.8 Å². The first-order chi connectivity index (χ1) is 16.7. The first-order valence-electron chi connectivity index (χ1n) is 11.6. The van der Waals surface area contributed by atoms with E-state index in [4.69, 9.17) is 11.6 Å². The summed E-state index contributed by atoms with van der Waals surface area (Å²) < 4.78 is 41.3. The highest BCUT2D eigenvalue weighted by Crippen LogP contribution is 2.39. The Kier molecular flexibility index (Phi) is 7.36. The summed E-state index contributed by atoms with van der Waals surface area (Å²) >= 11 is 6.09. The molecule has 1 aliphatic rings. The molecule has 4 nitrogen and oxygen atoms in total. The molecule has 1 fully saturated rings. The van der Waals surface area contributed by atoms with Gasteiger partial charge in [-0.25, -0.2) is 4.79 Å². The predicted octanol–water partition coefficient (Wildman–Crippen LogP) is 6.79. The number of aryl methyl sites for hydroxylation is 1. The van der Waals surface area contributed by atoms with Crippen molar-refractivity contribution in [3.63, 3.8) is 0 Å². The second kappa shape index (κ2) is 10.3. The van der Waals surface area contributed by atoms with Gasteiger partial charge in [0.2, 0.25) is 0 Å². The van der Waals surface area contributed by atoms with E-state index in [-0.39, 0.29) is 12.5 Å². The largest absolute Gasteiger partial charge is 0.416 e. The molecule has 2 amide bonds. The molecule has 4 rings (SSSR count). The van der Waals surface area contributed by atoms with Crippen molar-refractivity contribution in [2.75, 3.05) is 0 Å². The van der Waals surface area contributed by atoms with Gasteiger partial charge in [0.1, 0.15) is 5.54 Å². The van der Waals surface area contributed by atoms with E-state index < -0.39 is 23.3 Å². The van der Waals surface area contributed by atoms with Gasteiger partial charge in [0.05, 0.1) is 16.3 Å². The lowest BCUT2D eigenvalue weighted by molar-refractivity contribution is -0.137. The van der Waals surface area contributed by atoms with Gasteiger partial charge in [-0.1, -0.05) is 60.8 Å². The standard InChI is InChI=1S/C27H27ClF3N3O/c1-18-11-12-20(27(29,30)31)15-23(18)26(16-19-7-3-2-4-8-19,24-14-13-21(28)17-32-24)34-25(35)33-22-9-5-6-10-22/h2-4,7-8,11-15,17,22H,5-6,9-10,16H2,1H3,(H2,33,34,35). The van der Waals surface area contributed by atoms with Crippen LogP contribution in [-0.4, -0.2) is 17.1 Å². The van der Waals surface area contributed by atoms with E-state index in [1.807, 2.05) is 30.3 Å². The van der Waals surface area contributed by atoms with Crippen LogP contribution in [0.3, 0.4) is 0 Å². The third-order valence-electron chi connectivity index (χ3n) is 6.52. The number of carbonyl (C=O) groups excluding carboxylic acids is 1. The van der Waals surface area contributed by atoms with Gasteiger partial charge in [-0.05, 0) is 60.7 Å². The van der Waals surface area contributed by atoms with E-state index in [0.717, 1.165) is 43.4 Å². The summed E-state index contributed by atoms with van der Waals surface area (Å²) in [5.41, 5.74) is -0.00105. The normalized spacial score (nSPS) is 16.0. The molecule has 1 saturated carbocycles. The molecule has 1 aliphatic carbocycles. The molecule has 2 aromatic carbocycles. The van der Waals surface area contributed by atoms with Gasteiger partial charge in [-0.2, -0.15) is 13.2 Å². The average molecular weight is 502 g/mol. The molecule has 1 atom stereocenters. The van der Waals surface area contributed by atoms with E-state index in [1.165, 1.54) is 12.3 Å². The van der Waals surface area contributed by atoms with Crippen molar-refractivity contribution in [3.05, 3.63) is 99.8 Å². The van der Waals surface area contributed by atoms with Crippen LogP contribution in [0.5, 0.6) is 0 Å². The van der Waals surface area contributed by atoms with Crippen molar-refractivity contribution in [1.29, 1.82) is 0 Å². The van der Waals surface area contributed by atoms with Crippen molar-refractivity contribution in [3.8, 4) is 0 Å². The molecule has 3 aromatic rings. The van der Waals surface area contributed by atoms with Crippen LogP contribution in [0.1, 0.15) is 53.6 Å². The number of pyridine rings is 1. The fourth-order valence-corrected chi connectivity index (χ4v) is 4.88. The summed E-state index contributed by atoms with van der Waals surface area (Å²) in [6.45, 7) is 1.74. The fraction of sp³-hybridized carbons (Fsp3) is 0.333. The smallest absolute Gasteiger partial charge is 0.335 e. The minimum Gasteiger partial charge on any atom is -0.335 e. The van der Waals surface area contributed by atoms with Crippen molar-refractivity contribution in [1.82, 2.24) is 15.6 Å². The maximum Gasteiger partial charge on any atom is 0.416 e. The first kappa shape index (κ1) is 25.0. The average Bonchev–Trinajstić information content (AvgIpc) is 3.32. The maximum atomic E-state index is 13.8. The van der Waals surface area contributed by atoms with E-state index >= 15 is 0 Å². The minimum absolute atomic E-state index is 0.0326. The number of amides is 2. The molecule has 1 heterocycles. The van der Waals surface area contributed by atoms with Gasteiger partial charge in [0.25, 0.3) is 0 Å². The van der Waals surface area contributed by atoms with Crippen molar-refractivity contribution < 1.29 is 18.0 Å². The van der Waals surface area contributed by atoms with Crippen LogP contribution in [0.15, 0.2) is 66.9 Å². The van der Waals surface area contributed by atoms with Crippen LogP contribution < -0.4 is 10.6 Å². The highest BCUT2D eigenvalue weighted by atomic mass is 35.5. The molecule has 0 radical (unpaired) electrons. The summed E-state index contributed by atoms with van der Waals surface area (Å²) in [6.07, 6.45) is 0.915. The molecule has 0 saturated heterocycles. The summed E-state index contributed by atoms with van der Waals surface area (Å²) in [7, 11) is 0. The highest BCUT2D eigenvalue weighted by molar-refractivity contribution is 6.30. The van der Waals surface area contributed by atoms with Gasteiger partial charge in [-0.15, -0.1) is 0 Å². The monoisotopic (exact) mass is 501 g/mol. The molecule has 1 aromatic heterocycles. The molecular weight excluding hydrogens is 475 g/mol. The molecule has 35 heavy (non-hydrogen) atoms. The molecule has 0 aliphatic heterocycles. The van der Waals surface area contributed by atoms with Crippen LogP contribution in [0, 0.1) is 6.92 Å². The summed E-state index contributed by atoms with van der Waals surface area (Å²) in [4.78, 5) is 17.8. The number of hydrogen-bond donors (Lipinski definition) is 2. The maximum absolute atomic E-state index is 13.8. The quantitative estimate of drug-likeness (QED) is 0.390. The molecule has 2 N–H and O–H groups in total. The zero-order valence-electron chi connectivity index (χ0n) is 19.3. The van der Waals surface area contributed by atoms with Gasteiger partial charge in [0, 0.05) is 18.7 Å². The Hall–Kier alpha value is -3.06. The second-order valence-electron chi connectivity index (χ2n) is 9.04. The Morgan fingerprint density at radius 2 is 1.77 bits per heavy atom. The Morgan fingerprint density at radius 1 is 1.06 bits per heavy atom. The van der Waals surface area contributed by atoms with Crippen LogP contribution in [-0.2, 0) is 18.1 Å². The van der Waals surface area contributed by atoms with Crippen LogP contribution in [0.25, 0.3) is 0 Å². The SMILES string of the molecule is Cc1ccc(C(F)(F)F)cc1C(Cc1ccccc1)(NC(=O)NC1CCCC1)c1ccc(Cl)cn1. The van der Waals surface area contributed by atoms with Crippen molar-refractivity contribution in [2.45, 2.75) is 56.8 Å². The van der Waals surface area contributed by atoms with Crippen LogP contribution in [0.4, 0.5) is 18.0 Å². The first-order valence-corrected chi connectivity index (χ1v) is 12.0. The third-order valence-corrected chi connectivity index (χ3v) is 6.74. The van der Waals surface area contributed by atoms with Gasteiger partial charge >= 0.3 is 12.2 Å². The van der Waals surface area contributed by atoms with Crippen molar-refractivity contribution >= 4 is 17.6 Å². The predicted molar refractivity (Wildman–Crippen MR) is 130 cm³/mol. The molecular formula is C27H27ClF3N3O. The number of rotatable bonds is 6. The zero-order valence-corrected chi connectivity index (χ0v) is 20.1. The lowest BCUT2D eigenvalue weighted by Gasteiger charge is -2.37. The van der Waals surface area contributed by atoms with Gasteiger partial charge in [-0.3, -0.25) is 4.98 Å². The fourth-order valence-electron chi connectivity index (χ4n) is 4.77. The van der Waals surface area contributed by atoms with Gasteiger partial charge in [0.15, 0.2) is 0 Å². The molecule has 8 heteroatoms. The zero-order chi connectivity index (χ0) is 25.1. The minimum atomic E-state index is -4.54. The summed E-state index contributed by atoms with van der Waals surface area (Å²) in [6, 6.07) is 15.8. The number of nitrogens with one attached hydrogen (secondary N) is 2. The van der Waals surface area contributed by atoms with E-state index in [9.17, 15) is 18.0 Å². The Morgan fingerprint density at radius 3 is 2.40 bits per heavy atom. The topological polar surface area (TPSA) is 54.0 Å².